The van der Waals surface area contributed by atoms with Crippen molar-refractivity contribution in [3.8, 4) is 0 Å². The predicted molar refractivity (Wildman–Crippen MR) is 54.6 cm³/mol. The third-order valence-electron chi connectivity index (χ3n) is 2.74. The first-order valence-electron chi connectivity index (χ1n) is 5.38. The Morgan fingerprint density at radius 1 is 1.38 bits per heavy atom. The summed E-state index contributed by atoms with van der Waals surface area (Å²) in [5.74, 6) is 0. The summed E-state index contributed by atoms with van der Waals surface area (Å²) in [6, 6.07) is 0. The van der Waals surface area contributed by atoms with E-state index in [1.54, 1.807) is 0 Å². The maximum absolute atomic E-state index is 9.49. The van der Waals surface area contributed by atoms with Crippen LogP contribution in [0.25, 0.3) is 0 Å². The van der Waals surface area contributed by atoms with E-state index in [0.29, 0.717) is 0 Å². The van der Waals surface area contributed by atoms with E-state index in [2.05, 4.69) is 6.92 Å². The summed E-state index contributed by atoms with van der Waals surface area (Å²) in [7, 11) is 0. The molecule has 0 saturated carbocycles. The van der Waals surface area contributed by atoms with Crippen LogP contribution in [0.15, 0.2) is 0 Å². The van der Waals surface area contributed by atoms with Crippen LogP contribution in [-0.2, 0) is 4.74 Å². The summed E-state index contributed by atoms with van der Waals surface area (Å²) in [6.45, 7) is 3.10. The van der Waals surface area contributed by atoms with Gasteiger partial charge in [-0.25, -0.2) is 0 Å². The molecule has 0 aromatic heterocycles. The number of hydrogen-bond donors (Lipinski definition) is 1. The Morgan fingerprint density at radius 2 is 2.23 bits per heavy atom. The fourth-order valence-corrected chi connectivity index (χ4v) is 3.98. The van der Waals surface area contributed by atoms with E-state index >= 15 is 0 Å². The molecule has 1 atom stereocenters. The van der Waals surface area contributed by atoms with Crippen molar-refractivity contribution in [2.75, 3.05) is 6.61 Å². The quantitative estimate of drug-likeness (QED) is 0.620. The molecular weight excluding hydrogens is 271 g/mol. The van der Waals surface area contributed by atoms with E-state index in [1.165, 1.54) is 32.1 Å². The molecule has 0 spiro atoms. The Kier molecular flexibility index (Phi) is 5.67. The van der Waals surface area contributed by atoms with Crippen molar-refractivity contribution in [3.63, 3.8) is 0 Å². The average molecular weight is 291 g/mol. The molecule has 2 nitrogen and oxygen atoms in total. The summed E-state index contributed by atoms with van der Waals surface area (Å²) in [6.07, 6.45) is 8.46. The number of ether oxygens (including phenoxy) is 1. The van der Waals surface area contributed by atoms with Gasteiger partial charge in [-0.3, -0.25) is 0 Å². The standard InChI is InChI=1S/C10H19O.H2O.Sn/c1-2-3-4-7-10-8-5-6-9-11-10;;/h2-9H2,1H3;1H2;/q;;+1/p-1. The van der Waals surface area contributed by atoms with Crippen molar-refractivity contribution in [3.05, 3.63) is 0 Å². The second-order valence-electron chi connectivity index (χ2n) is 3.87. The van der Waals surface area contributed by atoms with Gasteiger partial charge >= 0.3 is 91.8 Å². The van der Waals surface area contributed by atoms with Crippen molar-refractivity contribution in [2.24, 2.45) is 0 Å². The van der Waals surface area contributed by atoms with Gasteiger partial charge in [-0.1, -0.05) is 0 Å². The molecule has 1 rings (SSSR count). The molecule has 0 aliphatic carbocycles. The molecule has 0 bridgehead atoms. The molecule has 1 unspecified atom stereocenters. The van der Waals surface area contributed by atoms with Gasteiger partial charge in [0.15, 0.2) is 0 Å². The molecule has 13 heavy (non-hydrogen) atoms. The maximum atomic E-state index is 9.49. The van der Waals surface area contributed by atoms with Crippen molar-refractivity contribution < 1.29 is 8.18 Å². The first-order chi connectivity index (χ1) is 6.33. The molecule has 0 aromatic carbocycles. The van der Waals surface area contributed by atoms with Gasteiger partial charge in [-0.2, -0.15) is 0 Å². The first-order valence-corrected chi connectivity index (χ1v) is 8.08. The van der Waals surface area contributed by atoms with E-state index in [-0.39, 0.29) is 3.62 Å². The van der Waals surface area contributed by atoms with Crippen LogP contribution >= 0.6 is 0 Å². The van der Waals surface area contributed by atoms with Gasteiger partial charge in [0.2, 0.25) is 0 Å². The molecule has 1 N–H and O–H groups in total. The minimum absolute atomic E-state index is 0.00319. The van der Waals surface area contributed by atoms with Gasteiger partial charge in [-0.15, -0.1) is 0 Å². The van der Waals surface area contributed by atoms with Crippen LogP contribution in [0, 0.1) is 0 Å². The predicted octanol–water partition coefficient (Wildman–Crippen LogP) is 2.08. The van der Waals surface area contributed by atoms with Gasteiger partial charge in [0.25, 0.3) is 0 Å². The molecule has 3 heteroatoms. The zero-order valence-electron chi connectivity index (χ0n) is 8.51. The van der Waals surface area contributed by atoms with E-state index in [1.807, 2.05) is 0 Å². The Balaban J connectivity index is 2.29. The van der Waals surface area contributed by atoms with Crippen LogP contribution in [0.4, 0.5) is 0 Å². The first kappa shape index (κ1) is 11.8. The Bertz CT molecular complexity index is 133. The van der Waals surface area contributed by atoms with E-state index < -0.39 is 21.6 Å². The van der Waals surface area contributed by atoms with Crippen LogP contribution < -0.4 is 0 Å². The fourth-order valence-electron chi connectivity index (χ4n) is 1.85. The summed E-state index contributed by atoms with van der Waals surface area (Å²) >= 11 is -1.26. The molecule has 1 aliphatic heterocycles. The van der Waals surface area contributed by atoms with Crippen LogP contribution in [-0.4, -0.2) is 35.2 Å². The molecule has 1 heterocycles. The molecule has 1 fully saturated rings. The van der Waals surface area contributed by atoms with Crippen molar-refractivity contribution in [1.82, 2.24) is 0 Å². The molecule has 0 aromatic rings. The third-order valence-corrected chi connectivity index (χ3v) is 5.74. The van der Waals surface area contributed by atoms with Crippen molar-refractivity contribution in [2.45, 2.75) is 55.5 Å². The van der Waals surface area contributed by atoms with Crippen LogP contribution in [0.2, 0.25) is 0 Å². The Hall–Kier alpha value is 0.719. The van der Waals surface area contributed by atoms with Crippen LogP contribution in [0.1, 0.15) is 51.9 Å². The normalized spacial score (nSPS) is 29.1. The summed E-state index contributed by atoms with van der Waals surface area (Å²) < 4.78 is 15.3. The third kappa shape index (κ3) is 3.76. The van der Waals surface area contributed by atoms with Crippen LogP contribution in [0.3, 0.4) is 0 Å². The average Bonchev–Trinajstić information content (AvgIpc) is 2.20. The number of rotatable bonds is 5. The summed E-state index contributed by atoms with van der Waals surface area (Å²) in [5.41, 5.74) is 0. The zero-order valence-corrected chi connectivity index (χ0v) is 11.4. The molecular formula is C10H20O2Sn. The number of unbranched alkanes of at least 4 members (excludes halogenated alkanes) is 2. The van der Waals surface area contributed by atoms with Gasteiger partial charge < -0.3 is 0 Å². The van der Waals surface area contributed by atoms with E-state index in [4.69, 9.17) is 4.74 Å². The topological polar surface area (TPSA) is 29.5 Å². The second kappa shape index (κ2) is 6.25. The Morgan fingerprint density at radius 3 is 2.77 bits per heavy atom. The fraction of sp³-hybridized carbons (Fsp3) is 1.00. The van der Waals surface area contributed by atoms with E-state index in [0.717, 1.165) is 19.4 Å². The molecule has 2 radical (unpaired) electrons. The second-order valence-corrected chi connectivity index (χ2v) is 7.11. The van der Waals surface area contributed by atoms with Crippen molar-refractivity contribution >= 4 is 21.6 Å². The summed E-state index contributed by atoms with van der Waals surface area (Å²) in [4.78, 5) is 0. The molecule has 0 amide bonds. The molecule has 1 aliphatic rings. The van der Waals surface area contributed by atoms with Gasteiger partial charge in [0.1, 0.15) is 0 Å². The van der Waals surface area contributed by atoms with Crippen molar-refractivity contribution in [1.29, 1.82) is 0 Å². The van der Waals surface area contributed by atoms with Gasteiger partial charge in [0, 0.05) is 0 Å². The van der Waals surface area contributed by atoms with Crippen LogP contribution in [0.5, 0.6) is 0 Å². The molecule has 1 saturated heterocycles. The zero-order chi connectivity index (χ0) is 9.57. The SMILES string of the molecule is CCCCC[C]1([Sn][OH])CCCCO1. The minimum atomic E-state index is -1.26. The Labute approximate surface area is 91.8 Å². The monoisotopic (exact) mass is 292 g/mol. The number of hydrogen-bond acceptors (Lipinski definition) is 2. The van der Waals surface area contributed by atoms with E-state index in [9.17, 15) is 3.44 Å². The van der Waals surface area contributed by atoms with Gasteiger partial charge in [0.05, 0.1) is 0 Å². The molecule has 76 valence electrons. The summed E-state index contributed by atoms with van der Waals surface area (Å²) in [5, 5.41) is 0. The van der Waals surface area contributed by atoms with Gasteiger partial charge in [-0.05, 0) is 0 Å².